The third-order valence-corrected chi connectivity index (χ3v) is 5.98. The number of carbonyl (C=O) groups is 1. The van der Waals surface area contributed by atoms with Gasteiger partial charge in [0.15, 0.2) is 0 Å². The Balaban J connectivity index is 1.57. The van der Waals surface area contributed by atoms with Gasteiger partial charge in [0.2, 0.25) is 5.91 Å². The SMILES string of the molecule is CC(C)C[C@@H](N)C(=O)N[C@H]1CC[C@@H]2CN(Cc3cccc(C(F)(F)F)c3)C[C@H]21. The Bertz CT molecular complexity index is 692. The number of halogens is 3. The summed E-state index contributed by atoms with van der Waals surface area (Å²) in [6.45, 7) is 6.25. The number of amides is 1. The van der Waals surface area contributed by atoms with Crippen LogP contribution in [-0.4, -0.2) is 36.0 Å². The van der Waals surface area contributed by atoms with Crippen molar-refractivity contribution in [1.82, 2.24) is 10.2 Å². The fourth-order valence-electron chi connectivity index (χ4n) is 4.67. The molecular weight excluding hydrogens is 367 g/mol. The maximum Gasteiger partial charge on any atom is 0.416 e. The highest BCUT2D eigenvalue weighted by molar-refractivity contribution is 5.81. The van der Waals surface area contributed by atoms with E-state index in [1.165, 1.54) is 12.1 Å². The van der Waals surface area contributed by atoms with Gasteiger partial charge in [-0.15, -0.1) is 0 Å². The fraction of sp³-hybridized carbons (Fsp3) is 0.667. The largest absolute Gasteiger partial charge is 0.416 e. The molecule has 0 aromatic heterocycles. The number of carbonyl (C=O) groups excluding carboxylic acids is 1. The standard InChI is InChI=1S/C21H30F3N3O/c1-13(2)8-18(25)20(28)26-19-7-6-15-11-27(12-17(15)19)10-14-4-3-5-16(9-14)21(22,23)24/h3-5,9,13,15,17-19H,6-8,10-12,25H2,1-2H3,(H,26,28)/t15-,17-,18-,19+/m1/s1. The van der Waals surface area contributed by atoms with Crippen LogP contribution in [0.1, 0.15) is 44.2 Å². The van der Waals surface area contributed by atoms with Crippen LogP contribution in [0, 0.1) is 17.8 Å². The van der Waals surface area contributed by atoms with Crippen LogP contribution < -0.4 is 11.1 Å². The molecule has 4 nitrogen and oxygen atoms in total. The van der Waals surface area contributed by atoms with Gasteiger partial charge in [-0.2, -0.15) is 13.2 Å². The van der Waals surface area contributed by atoms with Gasteiger partial charge >= 0.3 is 6.18 Å². The second-order valence-electron chi connectivity index (χ2n) is 8.74. The number of nitrogens with two attached hydrogens (primary N) is 1. The van der Waals surface area contributed by atoms with E-state index in [1.807, 2.05) is 13.8 Å². The van der Waals surface area contributed by atoms with Crippen LogP contribution in [0.15, 0.2) is 24.3 Å². The lowest BCUT2D eigenvalue weighted by atomic mass is 9.97. The van der Waals surface area contributed by atoms with E-state index in [4.69, 9.17) is 5.73 Å². The molecule has 2 aliphatic rings. The van der Waals surface area contributed by atoms with E-state index in [0.29, 0.717) is 36.3 Å². The van der Waals surface area contributed by atoms with Gasteiger partial charge < -0.3 is 11.1 Å². The molecule has 156 valence electrons. The Morgan fingerprint density at radius 1 is 1.29 bits per heavy atom. The molecule has 0 unspecified atom stereocenters. The quantitative estimate of drug-likeness (QED) is 0.774. The van der Waals surface area contributed by atoms with Crippen LogP contribution in [0.5, 0.6) is 0 Å². The minimum Gasteiger partial charge on any atom is -0.352 e. The van der Waals surface area contributed by atoms with Gasteiger partial charge in [0, 0.05) is 25.7 Å². The summed E-state index contributed by atoms with van der Waals surface area (Å²) in [5.41, 5.74) is 6.07. The average Bonchev–Trinajstić information content (AvgIpc) is 3.15. The Morgan fingerprint density at radius 2 is 2.04 bits per heavy atom. The minimum atomic E-state index is -4.32. The predicted molar refractivity (Wildman–Crippen MR) is 102 cm³/mol. The highest BCUT2D eigenvalue weighted by atomic mass is 19.4. The summed E-state index contributed by atoms with van der Waals surface area (Å²) in [5, 5.41) is 3.13. The summed E-state index contributed by atoms with van der Waals surface area (Å²) in [6.07, 6.45) is -1.67. The van der Waals surface area contributed by atoms with Crippen molar-refractivity contribution < 1.29 is 18.0 Å². The van der Waals surface area contributed by atoms with Crippen LogP contribution in [0.3, 0.4) is 0 Å². The van der Waals surface area contributed by atoms with E-state index >= 15 is 0 Å². The summed E-state index contributed by atoms with van der Waals surface area (Å²) in [6, 6.07) is 5.18. The molecule has 3 N–H and O–H groups in total. The van der Waals surface area contributed by atoms with Gasteiger partial charge in [0.05, 0.1) is 11.6 Å². The van der Waals surface area contributed by atoms with Crippen molar-refractivity contribution in [3.63, 3.8) is 0 Å². The van der Waals surface area contributed by atoms with Crippen molar-refractivity contribution in [3.05, 3.63) is 35.4 Å². The van der Waals surface area contributed by atoms with E-state index in [0.717, 1.165) is 32.0 Å². The van der Waals surface area contributed by atoms with E-state index < -0.39 is 17.8 Å². The first-order valence-corrected chi connectivity index (χ1v) is 10.1. The molecule has 1 saturated heterocycles. The smallest absolute Gasteiger partial charge is 0.352 e. The van der Waals surface area contributed by atoms with Gasteiger partial charge in [-0.25, -0.2) is 0 Å². The monoisotopic (exact) mass is 397 g/mol. The van der Waals surface area contributed by atoms with Crippen LogP contribution in [0.25, 0.3) is 0 Å². The van der Waals surface area contributed by atoms with Crippen molar-refractivity contribution in [2.45, 2.75) is 57.9 Å². The third kappa shape index (κ3) is 5.06. The summed E-state index contributed by atoms with van der Waals surface area (Å²) in [5.74, 6) is 1.11. The van der Waals surface area contributed by atoms with Crippen LogP contribution in [0.2, 0.25) is 0 Å². The molecule has 1 saturated carbocycles. The van der Waals surface area contributed by atoms with Crippen LogP contribution >= 0.6 is 0 Å². The van der Waals surface area contributed by atoms with Crippen molar-refractivity contribution in [1.29, 1.82) is 0 Å². The van der Waals surface area contributed by atoms with Crippen molar-refractivity contribution >= 4 is 5.91 Å². The molecule has 3 rings (SSSR count). The molecule has 0 bridgehead atoms. The average molecular weight is 397 g/mol. The Morgan fingerprint density at radius 3 is 2.71 bits per heavy atom. The number of hydrogen-bond donors (Lipinski definition) is 2. The zero-order valence-electron chi connectivity index (χ0n) is 16.5. The fourth-order valence-corrected chi connectivity index (χ4v) is 4.67. The first kappa shape index (κ1) is 21.1. The number of alkyl halides is 3. The highest BCUT2D eigenvalue weighted by Crippen LogP contribution is 2.39. The summed E-state index contributed by atoms with van der Waals surface area (Å²) in [7, 11) is 0. The molecule has 1 aromatic carbocycles. The predicted octanol–water partition coefficient (Wildman–Crippen LogP) is 3.41. The lowest BCUT2D eigenvalue weighted by Crippen LogP contribution is -2.48. The third-order valence-electron chi connectivity index (χ3n) is 5.98. The topological polar surface area (TPSA) is 58.4 Å². The minimum absolute atomic E-state index is 0.0873. The van der Waals surface area contributed by atoms with Crippen molar-refractivity contribution in [3.8, 4) is 0 Å². The highest BCUT2D eigenvalue weighted by Gasteiger charge is 2.43. The van der Waals surface area contributed by atoms with Gasteiger partial charge in [-0.1, -0.05) is 32.0 Å². The number of nitrogens with one attached hydrogen (secondary N) is 1. The molecule has 4 atom stereocenters. The molecule has 0 radical (unpaired) electrons. The number of rotatable bonds is 6. The molecule has 1 aromatic rings. The zero-order chi connectivity index (χ0) is 20.5. The normalized spacial score (nSPS) is 26.5. The van der Waals surface area contributed by atoms with Gasteiger partial charge in [-0.3, -0.25) is 9.69 Å². The number of hydrogen-bond acceptors (Lipinski definition) is 3. The Kier molecular flexibility index (Phi) is 6.34. The van der Waals surface area contributed by atoms with Crippen molar-refractivity contribution in [2.24, 2.45) is 23.5 Å². The van der Waals surface area contributed by atoms with E-state index in [9.17, 15) is 18.0 Å². The lowest BCUT2D eigenvalue weighted by Gasteiger charge is -2.24. The number of fused-ring (bicyclic) bond motifs is 1. The number of likely N-dealkylation sites (tertiary alicyclic amines) is 1. The molecule has 1 amide bonds. The van der Waals surface area contributed by atoms with Gasteiger partial charge in [0.1, 0.15) is 0 Å². The number of benzene rings is 1. The van der Waals surface area contributed by atoms with Crippen molar-refractivity contribution in [2.75, 3.05) is 13.1 Å². The maximum atomic E-state index is 12.9. The summed E-state index contributed by atoms with van der Waals surface area (Å²) in [4.78, 5) is 14.6. The zero-order valence-corrected chi connectivity index (χ0v) is 16.5. The molecule has 0 spiro atoms. The van der Waals surface area contributed by atoms with E-state index in [1.54, 1.807) is 6.07 Å². The molecule has 2 fully saturated rings. The second-order valence-corrected chi connectivity index (χ2v) is 8.74. The first-order valence-electron chi connectivity index (χ1n) is 10.1. The van der Waals surface area contributed by atoms with Gasteiger partial charge in [-0.05, 0) is 48.6 Å². The Labute approximate surface area is 164 Å². The van der Waals surface area contributed by atoms with Gasteiger partial charge in [0.25, 0.3) is 0 Å². The lowest BCUT2D eigenvalue weighted by molar-refractivity contribution is -0.137. The molecule has 1 aliphatic heterocycles. The summed E-state index contributed by atoms with van der Waals surface area (Å²) >= 11 is 0. The van der Waals surface area contributed by atoms with E-state index in [2.05, 4.69) is 10.2 Å². The molecule has 1 aliphatic carbocycles. The second kappa shape index (κ2) is 8.41. The molecule has 1 heterocycles. The first-order chi connectivity index (χ1) is 13.1. The Hall–Kier alpha value is -1.60. The van der Waals surface area contributed by atoms with Crippen LogP contribution in [-0.2, 0) is 17.5 Å². The van der Waals surface area contributed by atoms with E-state index in [-0.39, 0.29) is 11.9 Å². The molecule has 28 heavy (non-hydrogen) atoms. The number of nitrogens with zero attached hydrogens (tertiary/aromatic N) is 1. The van der Waals surface area contributed by atoms with Crippen LogP contribution in [0.4, 0.5) is 13.2 Å². The maximum absolute atomic E-state index is 12.9. The summed E-state index contributed by atoms with van der Waals surface area (Å²) < 4.78 is 38.8. The molecule has 7 heteroatoms. The molecular formula is C21H30F3N3O.